The molecule has 3 amide bonds. The molecule has 2 unspecified atom stereocenters. The number of hydrogen-bond donors (Lipinski definition) is 1. The van der Waals surface area contributed by atoms with Gasteiger partial charge in [0.05, 0.1) is 0 Å². The number of piperidine rings is 1. The number of nitrogens with one attached hydrogen (secondary N) is 1. The molecule has 0 spiro atoms. The molecule has 0 aliphatic carbocycles. The minimum atomic E-state index is -0.0488. The SMILES string of the molecule is CC1CC(C)CN(C(=O)NCCC(=O)N2CCN(c3ncccn3)CC2)C1. The number of hydrogen-bond acceptors (Lipinski definition) is 5. The van der Waals surface area contributed by atoms with Crippen molar-refractivity contribution in [2.45, 2.75) is 26.7 Å². The molecule has 0 aromatic carbocycles. The zero-order chi connectivity index (χ0) is 19.2. The smallest absolute Gasteiger partial charge is 0.317 e. The van der Waals surface area contributed by atoms with E-state index in [0.29, 0.717) is 43.8 Å². The Hall–Kier alpha value is -2.38. The molecule has 27 heavy (non-hydrogen) atoms. The molecule has 2 aliphatic rings. The Kier molecular flexibility index (Phi) is 6.47. The van der Waals surface area contributed by atoms with Gasteiger partial charge >= 0.3 is 6.03 Å². The van der Waals surface area contributed by atoms with Gasteiger partial charge in [0.1, 0.15) is 0 Å². The maximum Gasteiger partial charge on any atom is 0.317 e. The summed E-state index contributed by atoms with van der Waals surface area (Å²) in [5.74, 6) is 1.86. The van der Waals surface area contributed by atoms with Gasteiger partial charge in [-0.1, -0.05) is 13.8 Å². The molecule has 1 aromatic heterocycles. The van der Waals surface area contributed by atoms with Crippen LogP contribution in [-0.4, -0.2) is 77.5 Å². The van der Waals surface area contributed by atoms with Crippen LogP contribution in [0.1, 0.15) is 26.7 Å². The number of urea groups is 1. The van der Waals surface area contributed by atoms with Crippen LogP contribution >= 0.6 is 0 Å². The lowest BCUT2D eigenvalue weighted by Gasteiger charge is -2.35. The first kappa shape index (κ1) is 19.4. The largest absolute Gasteiger partial charge is 0.339 e. The summed E-state index contributed by atoms with van der Waals surface area (Å²) in [6, 6.07) is 1.75. The first-order chi connectivity index (χ1) is 13.0. The summed E-state index contributed by atoms with van der Waals surface area (Å²) >= 11 is 0. The Labute approximate surface area is 160 Å². The third-order valence-corrected chi connectivity index (χ3v) is 5.24. The number of piperazine rings is 1. The van der Waals surface area contributed by atoms with Crippen LogP contribution in [0.5, 0.6) is 0 Å². The molecule has 2 saturated heterocycles. The molecule has 8 nitrogen and oxygen atoms in total. The van der Waals surface area contributed by atoms with Crippen LogP contribution in [0.2, 0.25) is 0 Å². The fourth-order valence-corrected chi connectivity index (χ4v) is 3.99. The van der Waals surface area contributed by atoms with E-state index in [-0.39, 0.29) is 11.9 Å². The second-order valence-electron chi connectivity index (χ2n) is 7.75. The second-order valence-corrected chi connectivity index (χ2v) is 7.75. The molecule has 8 heteroatoms. The topological polar surface area (TPSA) is 81.7 Å². The highest BCUT2D eigenvalue weighted by atomic mass is 16.2. The van der Waals surface area contributed by atoms with Crippen LogP contribution in [0.4, 0.5) is 10.7 Å². The van der Waals surface area contributed by atoms with Crippen molar-refractivity contribution in [1.82, 2.24) is 25.1 Å². The zero-order valence-corrected chi connectivity index (χ0v) is 16.3. The average molecular weight is 374 g/mol. The molecular formula is C19H30N6O2. The molecule has 0 bridgehead atoms. The molecule has 3 heterocycles. The van der Waals surface area contributed by atoms with E-state index in [0.717, 1.165) is 26.2 Å². The van der Waals surface area contributed by atoms with Gasteiger partial charge in [0.2, 0.25) is 11.9 Å². The Balaban J connectivity index is 1.37. The van der Waals surface area contributed by atoms with Crippen LogP contribution in [0.25, 0.3) is 0 Å². The molecule has 2 atom stereocenters. The number of carbonyl (C=O) groups excluding carboxylic acids is 2. The predicted molar refractivity (Wildman–Crippen MR) is 103 cm³/mol. The van der Waals surface area contributed by atoms with Crippen LogP contribution < -0.4 is 10.2 Å². The lowest BCUT2D eigenvalue weighted by molar-refractivity contribution is -0.131. The summed E-state index contributed by atoms with van der Waals surface area (Å²) in [6.45, 7) is 9.12. The number of aromatic nitrogens is 2. The highest BCUT2D eigenvalue weighted by Crippen LogP contribution is 2.20. The number of anilines is 1. The Bertz CT molecular complexity index is 622. The van der Waals surface area contributed by atoms with Crippen LogP contribution in [0, 0.1) is 11.8 Å². The number of nitrogens with zero attached hydrogens (tertiary/aromatic N) is 5. The number of amides is 3. The van der Waals surface area contributed by atoms with Crippen molar-refractivity contribution in [3.63, 3.8) is 0 Å². The summed E-state index contributed by atoms with van der Waals surface area (Å²) in [6.07, 6.45) is 4.97. The Morgan fingerprint density at radius 1 is 1.04 bits per heavy atom. The van der Waals surface area contributed by atoms with Gasteiger partial charge in [0.25, 0.3) is 0 Å². The third-order valence-electron chi connectivity index (χ3n) is 5.24. The van der Waals surface area contributed by atoms with E-state index < -0.39 is 0 Å². The van der Waals surface area contributed by atoms with Gasteiger partial charge < -0.3 is 20.0 Å². The van der Waals surface area contributed by atoms with Crippen molar-refractivity contribution in [2.24, 2.45) is 11.8 Å². The quantitative estimate of drug-likeness (QED) is 0.856. The first-order valence-electron chi connectivity index (χ1n) is 9.85. The molecular weight excluding hydrogens is 344 g/mol. The molecule has 2 fully saturated rings. The molecule has 3 rings (SSSR count). The Morgan fingerprint density at radius 2 is 1.67 bits per heavy atom. The van der Waals surface area contributed by atoms with Gasteiger partial charge in [-0.05, 0) is 24.3 Å². The van der Waals surface area contributed by atoms with Crippen LogP contribution in [0.3, 0.4) is 0 Å². The normalized spacial score (nSPS) is 23.3. The maximum absolute atomic E-state index is 12.4. The van der Waals surface area contributed by atoms with Crippen molar-refractivity contribution < 1.29 is 9.59 Å². The highest BCUT2D eigenvalue weighted by Gasteiger charge is 2.26. The molecule has 1 aromatic rings. The lowest BCUT2D eigenvalue weighted by Crippen LogP contribution is -2.50. The second kappa shape index (κ2) is 9.01. The Morgan fingerprint density at radius 3 is 2.30 bits per heavy atom. The maximum atomic E-state index is 12.4. The monoisotopic (exact) mass is 374 g/mol. The fourth-order valence-electron chi connectivity index (χ4n) is 3.99. The van der Waals surface area contributed by atoms with Crippen LogP contribution in [-0.2, 0) is 4.79 Å². The standard InChI is InChI=1S/C19H30N6O2/c1-15-12-16(2)14-25(13-15)19(27)22-7-4-17(26)23-8-10-24(11-9-23)18-20-5-3-6-21-18/h3,5-6,15-16H,4,7-14H2,1-2H3,(H,22,27). The van der Waals surface area contributed by atoms with Crippen molar-refractivity contribution in [2.75, 3.05) is 50.7 Å². The van der Waals surface area contributed by atoms with Crippen molar-refractivity contribution >= 4 is 17.9 Å². The van der Waals surface area contributed by atoms with E-state index in [1.54, 1.807) is 18.5 Å². The first-order valence-corrected chi connectivity index (χ1v) is 9.85. The number of likely N-dealkylation sites (tertiary alicyclic amines) is 1. The van der Waals surface area contributed by atoms with Crippen molar-refractivity contribution in [1.29, 1.82) is 0 Å². The molecule has 0 saturated carbocycles. The third kappa shape index (κ3) is 5.30. The van der Waals surface area contributed by atoms with E-state index in [1.165, 1.54) is 6.42 Å². The van der Waals surface area contributed by atoms with Crippen LogP contribution in [0.15, 0.2) is 18.5 Å². The van der Waals surface area contributed by atoms with Gasteiger partial charge in [0.15, 0.2) is 0 Å². The van der Waals surface area contributed by atoms with Gasteiger partial charge in [-0.3, -0.25) is 4.79 Å². The average Bonchev–Trinajstić information content (AvgIpc) is 2.68. The molecule has 0 radical (unpaired) electrons. The summed E-state index contributed by atoms with van der Waals surface area (Å²) in [5, 5.41) is 2.91. The lowest BCUT2D eigenvalue weighted by atomic mass is 9.92. The van der Waals surface area contributed by atoms with E-state index >= 15 is 0 Å². The molecule has 1 N–H and O–H groups in total. The molecule has 2 aliphatic heterocycles. The van der Waals surface area contributed by atoms with E-state index in [2.05, 4.69) is 34.0 Å². The number of carbonyl (C=O) groups is 2. The van der Waals surface area contributed by atoms with Gasteiger partial charge in [-0.2, -0.15) is 0 Å². The van der Waals surface area contributed by atoms with Gasteiger partial charge in [0, 0.05) is 64.6 Å². The van der Waals surface area contributed by atoms with Gasteiger partial charge in [-0.25, -0.2) is 14.8 Å². The summed E-state index contributed by atoms with van der Waals surface area (Å²) < 4.78 is 0. The minimum absolute atomic E-state index is 0.0488. The highest BCUT2D eigenvalue weighted by molar-refractivity contribution is 5.78. The predicted octanol–water partition coefficient (Wildman–Crippen LogP) is 1.20. The summed E-state index contributed by atoms with van der Waals surface area (Å²) in [5.41, 5.74) is 0. The zero-order valence-electron chi connectivity index (χ0n) is 16.3. The van der Waals surface area contributed by atoms with Gasteiger partial charge in [-0.15, -0.1) is 0 Å². The van der Waals surface area contributed by atoms with E-state index in [1.807, 2.05) is 9.80 Å². The van der Waals surface area contributed by atoms with Crippen molar-refractivity contribution in [3.8, 4) is 0 Å². The molecule has 148 valence electrons. The number of rotatable bonds is 4. The summed E-state index contributed by atoms with van der Waals surface area (Å²) in [4.78, 5) is 39.1. The summed E-state index contributed by atoms with van der Waals surface area (Å²) in [7, 11) is 0. The van der Waals surface area contributed by atoms with Crippen molar-refractivity contribution in [3.05, 3.63) is 18.5 Å². The van der Waals surface area contributed by atoms with E-state index in [9.17, 15) is 9.59 Å². The van der Waals surface area contributed by atoms with E-state index in [4.69, 9.17) is 0 Å². The minimum Gasteiger partial charge on any atom is -0.339 e. The fraction of sp³-hybridized carbons (Fsp3) is 0.684.